The van der Waals surface area contributed by atoms with Gasteiger partial charge >= 0.3 is 0 Å². The van der Waals surface area contributed by atoms with E-state index in [1.807, 2.05) is 36.4 Å². The zero-order chi connectivity index (χ0) is 16.2. The van der Waals surface area contributed by atoms with E-state index >= 15 is 0 Å². The fraction of sp³-hybridized carbons (Fsp3) is 0.0625. The molecule has 3 N–H and O–H groups in total. The number of ether oxygens (including phenoxy) is 1. The molecule has 0 bridgehead atoms. The highest BCUT2D eigenvalue weighted by atomic mass is 79.9. The zero-order valence-electron chi connectivity index (χ0n) is 12.0. The molecule has 3 aromatic rings. The molecule has 1 heterocycles. The highest BCUT2D eigenvalue weighted by molar-refractivity contribution is 9.10. The van der Waals surface area contributed by atoms with Gasteiger partial charge in [0.1, 0.15) is 18.1 Å². The van der Waals surface area contributed by atoms with E-state index in [1.165, 1.54) is 0 Å². The fourth-order valence-corrected chi connectivity index (χ4v) is 2.49. The monoisotopic (exact) mass is 372 g/mol. The summed E-state index contributed by atoms with van der Waals surface area (Å²) in [6.45, 7) is 0.456. The summed E-state index contributed by atoms with van der Waals surface area (Å²) in [5.74, 6) is 0.0941. The molecule has 0 unspecified atom stereocenters. The van der Waals surface area contributed by atoms with Crippen molar-refractivity contribution in [1.82, 2.24) is 15.4 Å². The molecule has 23 heavy (non-hydrogen) atoms. The Labute approximate surface area is 140 Å². The van der Waals surface area contributed by atoms with Crippen molar-refractivity contribution in [2.24, 2.45) is 5.73 Å². The van der Waals surface area contributed by atoms with Crippen LogP contribution in [0.25, 0.3) is 11.3 Å². The number of halogens is 1. The number of nitrogens with zero attached hydrogens (tertiary/aromatic N) is 2. The number of benzene rings is 2. The van der Waals surface area contributed by atoms with Gasteiger partial charge in [0.05, 0.1) is 0 Å². The number of amides is 1. The third-order valence-electron chi connectivity index (χ3n) is 3.26. The Balaban J connectivity index is 1.74. The van der Waals surface area contributed by atoms with Crippen LogP contribution >= 0.6 is 15.9 Å². The maximum absolute atomic E-state index is 11.3. The van der Waals surface area contributed by atoms with Crippen molar-refractivity contribution in [3.8, 4) is 17.0 Å². The number of hydrogen-bond acceptors (Lipinski definition) is 4. The standard InChI is InChI=1S/C16H13BrN4O2/c17-13-4-2-1-3-11(13)9-23-12-7-5-10(6-8-12)14-15(16(18)22)20-21-19-14/h1-8H,9H2,(H2,18,22)(H,19,20,21). The van der Waals surface area contributed by atoms with Crippen molar-refractivity contribution in [3.05, 3.63) is 64.3 Å². The van der Waals surface area contributed by atoms with E-state index in [2.05, 4.69) is 31.3 Å². The fourth-order valence-electron chi connectivity index (χ4n) is 2.09. The summed E-state index contributed by atoms with van der Waals surface area (Å²) in [6, 6.07) is 15.1. The quantitative estimate of drug-likeness (QED) is 0.719. The van der Waals surface area contributed by atoms with Gasteiger partial charge in [0.25, 0.3) is 5.91 Å². The molecule has 116 valence electrons. The number of nitrogens with one attached hydrogen (secondary N) is 1. The van der Waals surface area contributed by atoms with Crippen molar-refractivity contribution < 1.29 is 9.53 Å². The van der Waals surface area contributed by atoms with Crippen LogP contribution in [0.15, 0.2) is 53.0 Å². The maximum atomic E-state index is 11.3. The molecule has 0 spiro atoms. The molecule has 0 saturated carbocycles. The first-order valence-electron chi connectivity index (χ1n) is 6.82. The Kier molecular flexibility index (Phi) is 4.38. The number of H-pyrrole nitrogens is 1. The van der Waals surface area contributed by atoms with E-state index in [1.54, 1.807) is 12.1 Å². The molecule has 0 aliphatic carbocycles. The van der Waals surface area contributed by atoms with Gasteiger partial charge in [-0.05, 0) is 30.3 Å². The van der Waals surface area contributed by atoms with Crippen LogP contribution in [0.3, 0.4) is 0 Å². The van der Waals surface area contributed by atoms with Crippen molar-refractivity contribution in [1.29, 1.82) is 0 Å². The smallest absolute Gasteiger partial charge is 0.271 e. The molecule has 0 aliphatic rings. The molecule has 0 fully saturated rings. The maximum Gasteiger partial charge on any atom is 0.271 e. The Bertz CT molecular complexity index is 830. The highest BCUT2D eigenvalue weighted by Gasteiger charge is 2.14. The predicted molar refractivity (Wildman–Crippen MR) is 88.8 cm³/mol. The molecule has 7 heteroatoms. The summed E-state index contributed by atoms with van der Waals surface area (Å²) in [5.41, 5.74) is 7.60. The molecule has 6 nitrogen and oxygen atoms in total. The van der Waals surface area contributed by atoms with Gasteiger partial charge in [0.15, 0.2) is 5.69 Å². The van der Waals surface area contributed by atoms with Gasteiger partial charge in [-0.25, -0.2) is 0 Å². The number of rotatable bonds is 5. The van der Waals surface area contributed by atoms with Crippen molar-refractivity contribution in [2.75, 3.05) is 0 Å². The summed E-state index contributed by atoms with van der Waals surface area (Å²) in [7, 11) is 0. The summed E-state index contributed by atoms with van der Waals surface area (Å²) >= 11 is 3.49. The van der Waals surface area contributed by atoms with Gasteiger partial charge in [-0.1, -0.05) is 34.1 Å². The van der Waals surface area contributed by atoms with Crippen molar-refractivity contribution in [3.63, 3.8) is 0 Å². The second-order valence-corrected chi connectivity index (χ2v) is 5.64. The second kappa shape index (κ2) is 6.62. The Morgan fingerprint density at radius 2 is 1.87 bits per heavy atom. The normalized spacial score (nSPS) is 10.5. The van der Waals surface area contributed by atoms with Gasteiger partial charge < -0.3 is 10.5 Å². The second-order valence-electron chi connectivity index (χ2n) is 4.79. The zero-order valence-corrected chi connectivity index (χ0v) is 13.6. The number of carbonyl (C=O) groups excluding carboxylic acids is 1. The first-order chi connectivity index (χ1) is 11.1. The van der Waals surface area contributed by atoms with E-state index in [-0.39, 0.29) is 5.69 Å². The lowest BCUT2D eigenvalue weighted by atomic mass is 10.1. The highest BCUT2D eigenvalue weighted by Crippen LogP contribution is 2.24. The van der Waals surface area contributed by atoms with Gasteiger partial charge in [-0.2, -0.15) is 15.4 Å². The van der Waals surface area contributed by atoms with Gasteiger partial charge in [0, 0.05) is 15.6 Å². The Hall–Kier alpha value is -2.67. The van der Waals surface area contributed by atoms with E-state index in [9.17, 15) is 4.79 Å². The lowest BCUT2D eigenvalue weighted by molar-refractivity contribution is 0.0996. The molecule has 0 radical (unpaired) electrons. The van der Waals surface area contributed by atoms with Gasteiger partial charge in [-0.3, -0.25) is 4.79 Å². The number of nitrogens with two attached hydrogens (primary N) is 1. The Morgan fingerprint density at radius 3 is 2.57 bits per heavy atom. The van der Waals surface area contributed by atoms with E-state index in [0.717, 1.165) is 15.6 Å². The average molecular weight is 373 g/mol. The summed E-state index contributed by atoms with van der Waals surface area (Å²) < 4.78 is 6.76. The van der Waals surface area contributed by atoms with Crippen LogP contribution in [0.5, 0.6) is 5.75 Å². The van der Waals surface area contributed by atoms with E-state index < -0.39 is 5.91 Å². The van der Waals surface area contributed by atoms with Crippen LogP contribution in [0.1, 0.15) is 16.1 Å². The number of hydrogen-bond donors (Lipinski definition) is 2. The van der Waals surface area contributed by atoms with Crippen LogP contribution in [-0.4, -0.2) is 21.3 Å². The molecule has 1 amide bonds. The molecule has 0 saturated heterocycles. The number of carbonyl (C=O) groups is 1. The van der Waals surface area contributed by atoms with E-state index in [4.69, 9.17) is 10.5 Å². The number of primary amides is 1. The van der Waals surface area contributed by atoms with Crippen molar-refractivity contribution in [2.45, 2.75) is 6.61 Å². The van der Waals surface area contributed by atoms with E-state index in [0.29, 0.717) is 18.1 Å². The minimum Gasteiger partial charge on any atom is -0.489 e. The molecule has 3 rings (SSSR count). The Morgan fingerprint density at radius 1 is 1.13 bits per heavy atom. The first kappa shape index (κ1) is 15.2. The lowest BCUT2D eigenvalue weighted by Crippen LogP contribution is -2.12. The summed E-state index contributed by atoms with van der Waals surface area (Å²) in [5, 5.41) is 10.1. The minimum atomic E-state index is -0.622. The minimum absolute atomic E-state index is 0.117. The van der Waals surface area contributed by atoms with Gasteiger partial charge in [-0.15, -0.1) is 0 Å². The van der Waals surface area contributed by atoms with Crippen LogP contribution in [-0.2, 0) is 6.61 Å². The molecular weight excluding hydrogens is 360 g/mol. The first-order valence-corrected chi connectivity index (χ1v) is 7.61. The largest absolute Gasteiger partial charge is 0.489 e. The molecule has 2 aromatic carbocycles. The summed E-state index contributed by atoms with van der Waals surface area (Å²) in [6.07, 6.45) is 0. The third kappa shape index (κ3) is 3.40. The molecular formula is C16H13BrN4O2. The van der Waals surface area contributed by atoms with Gasteiger partial charge in [0.2, 0.25) is 0 Å². The SMILES string of the molecule is NC(=O)c1n[nH]nc1-c1ccc(OCc2ccccc2Br)cc1. The van der Waals surface area contributed by atoms with Crippen LogP contribution in [0.4, 0.5) is 0 Å². The molecule has 1 aromatic heterocycles. The number of aromatic nitrogens is 3. The third-order valence-corrected chi connectivity index (χ3v) is 4.03. The van der Waals surface area contributed by atoms with Crippen LogP contribution < -0.4 is 10.5 Å². The van der Waals surface area contributed by atoms with Crippen molar-refractivity contribution >= 4 is 21.8 Å². The summed E-state index contributed by atoms with van der Waals surface area (Å²) in [4.78, 5) is 11.3. The lowest BCUT2D eigenvalue weighted by Gasteiger charge is -2.08. The molecule has 0 aliphatic heterocycles. The topological polar surface area (TPSA) is 93.9 Å². The number of aromatic amines is 1. The van der Waals surface area contributed by atoms with Crippen LogP contribution in [0, 0.1) is 0 Å². The predicted octanol–water partition coefficient (Wildman–Crippen LogP) is 2.91. The average Bonchev–Trinajstić information content (AvgIpc) is 3.04. The van der Waals surface area contributed by atoms with Crippen LogP contribution in [0.2, 0.25) is 0 Å². The molecule has 0 atom stereocenters.